The van der Waals surface area contributed by atoms with Gasteiger partial charge >= 0.3 is 0 Å². The number of nitrogens with two attached hydrogens (primary N) is 1. The number of nitrogen functional groups attached to an aromatic ring is 1. The molecule has 2 aromatic rings. The van der Waals surface area contributed by atoms with E-state index in [1.807, 2.05) is 12.1 Å². The number of hydrogen-bond donors (Lipinski definition) is 1. The van der Waals surface area contributed by atoms with E-state index in [2.05, 4.69) is 0 Å². The molecule has 2 nitrogen and oxygen atoms in total. The molecule has 0 fully saturated rings. The number of halogens is 1. The van der Waals surface area contributed by atoms with Crippen molar-refractivity contribution < 1.29 is 4.42 Å². The van der Waals surface area contributed by atoms with E-state index >= 15 is 0 Å². The molecule has 66 valence electrons. The molecule has 2 N–H and O–H groups in total. The van der Waals surface area contributed by atoms with Gasteiger partial charge in [-0.3, -0.25) is 0 Å². The molecule has 0 atom stereocenters. The number of benzene rings is 1. The lowest BCUT2D eigenvalue weighted by atomic mass is 10.1. The summed E-state index contributed by atoms with van der Waals surface area (Å²) in [6.07, 6.45) is 1.61. The molecule has 13 heavy (non-hydrogen) atoms. The van der Waals surface area contributed by atoms with Crippen molar-refractivity contribution in [3.05, 3.63) is 41.6 Å². The van der Waals surface area contributed by atoms with Crippen LogP contribution in [0.1, 0.15) is 0 Å². The van der Waals surface area contributed by atoms with Crippen LogP contribution in [0.5, 0.6) is 0 Å². The number of rotatable bonds is 1. The van der Waals surface area contributed by atoms with E-state index in [-0.39, 0.29) is 0 Å². The summed E-state index contributed by atoms with van der Waals surface area (Å²) in [4.78, 5) is 0. The first kappa shape index (κ1) is 8.20. The highest BCUT2D eigenvalue weighted by atomic mass is 35.5. The van der Waals surface area contributed by atoms with Gasteiger partial charge in [0.25, 0.3) is 0 Å². The van der Waals surface area contributed by atoms with E-state index in [0.29, 0.717) is 10.7 Å². The Morgan fingerprint density at radius 3 is 2.77 bits per heavy atom. The van der Waals surface area contributed by atoms with E-state index in [1.165, 1.54) is 0 Å². The molecule has 3 heteroatoms. The lowest BCUT2D eigenvalue weighted by Crippen LogP contribution is -1.85. The van der Waals surface area contributed by atoms with Gasteiger partial charge in [0.15, 0.2) is 0 Å². The van der Waals surface area contributed by atoms with Crippen molar-refractivity contribution in [1.29, 1.82) is 0 Å². The number of hydrogen-bond acceptors (Lipinski definition) is 2. The molecular formula is C10H8ClNO. The summed E-state index contributed by atoms with van der Waals surface area (Å²) in [5, 5.41) is 0.643. The van der Waals surface area contributed by atoms with Crippen LogP contribution in [0.3, 0.4) is 0 Å². The largest absolute Gasteiger partial charge is 0.464 e. The predicted octanol–water partition coefficient (Wildman–Crippen LogP) is 3.18. The SMILES string of the molecule is Nc1ccc(Cl)c(-c2ccco2)c1. The smallest absolute Gasteiger partial charge is 0.135 e. The highest BCUT2D eigenvalue weighted by Gasteiger charge is 2.05. The van der Waals surface area contributed by atoms with Gasteiger partial charge in [-0.25, -0.2) is 0 Å². The van der Waals surface area contributed by atoms with Crippen LogP contribution in [0.25, 0.3) is 11.3 Å². The maximum atomic E-state index is 5.97. The number of anilines is 1. The van der Waals surface area contributed by atoms with Crippen molar-refractivity contribution in [2.75, 3.05) is 5.73 Å². The van der Waals surface area contributed by atoms with Crippen molar-refractivity contribution in [2.45, 2.75) is 0 Å². The maximum absolute atomic E-state index is 5.97. The topological polar surface area (TPSA) is 39.2 Å². The normalized spacial score (nSPS) is 10.2. The highest BCUT2D eigenvalue weighted by Crippen LogP contribution is 2.29. The first-order valence-electron chi connectivity index (χ1n) is 3.86. The molecule has 0 aliphatic rings. The fraction of sp³-hybridized carbons (Fsp3) is 0. The lowest BCUT2D eigenvalue weighted by molar-refractivity contribution is 0.582. The second kappa shape index (κ2) is 3.15. The zero-order valence-corrected chi connectivity index (χ0v) is 7.58. The van der Waals surface area contributed by atoms with Crippen molar-refractivity contribution in [2.24, 2.45) is 0 Å². The molecule has 0 aliphatic heterocycles. The zero-order chi connectivity index (χ0) is 9.26. The first-order chi connectivity index (χ1) is 6.27. The third kappa shape index (κ3) is 1.53. The Bertz CT molecular complexity index is 409. The van der Waals surface area contributed by atoms with Crippen molar-refractivity contribution in [3.8, 4) is 11.3 Å². The van der Waals surface area contributed by atoms with E-state index < -0.39 is 0 Å². The monoisotopic (exact) mass is 193 g/mol. The van der Waals surface area contributed by atoms with E-state index in [0.717, 1.165) is 11.3 Å². The molecule has 1 heterocycles. The van der Waals surface area contributed by atoms with Crippen molar-refractivity contribution >= 4 is 17.3 Å². The van der Waals surface area contributed by atoms with E-state index in [4.69, 9.17) is 21.8 Å². The Hall–Kier alpha value is -1.41. The average molecular weight is 194 g/mol. The van der Waals surface area contributed by atoms with Crippen LogP contribution in [0.15, 0.2) is 41.0 Å². The number of furan rings is 1. The average Bonchev–Trinajstić information content (AvgIpc) is 2.61. The third-order valence-electron chi connectivity index (χ3n) is 1.78. The summed E-state index contributed by atoms with van der Waals surface area (Å²) in [6, 6.07) is 8.97. The van der Waals surface area contributed by atoms with Gasteiger partial charge in [0, 0.05) is 11.3 Å². The van der Waals surface area contributed by atoms with Crippen molar-refractivity contribution in [3.63, 3.8) is 0 Å². The lowest BCUT2D eigenvalue weighted by Gasteiger charge is -2.01. The summed E-state index contributed by atoms with van der Waals surface area (Å²) in [5.74, 6) is 0.734. The molecule has 1 aromatic carbocycles. The second-order valence-corrected chi connectivity index (χ2v) is 3.12. The minimum atomic E-state index is 0.643. The van der Waals surface area contributed by atoms with Gasteiger partial charge < -0.3 is 10.2 Å². The molecule has 2 rings (SSSR count). The molecular weight excluding hydrogens is 186 g/mol. The molecule has 0 bridgehead atoms. The Kier molecular flexibility index (Phi) is 1.99. The van der Waals surface area contributed by atoms with Crippen LogP contribution in [-0.4, -0.2) is 0 Å². The fourth-order valence-corrected chi connectivity index (χ4v) is 1.37. The summed E-state index contributed by atoms with van der Waals surface area (Å²) in [5.41, 5.74) is 7.14. The maximum Gasteiger partial charge on any atom is 0.135 e. The van der Waals surface area contributed by atoms with Crippen LogP contribution in [0.2, 0.25) is 5.02 Å². The third-order valence-corrected chi connectivity index (χ3v) is 2.11. The molecule has 0 unspecified atom stereocenters. The van der Waals surface area contributed by atoms with Crippen LogP contribution in [0, 0.1) is 0 Å². The van der Waals surface area contributed by atoms with Crippen molar-refractivity contribution in [1.82, 2.24) is 0 Å². The van der Waals surface area contributed by atoms with Crippen LogP contribution in [-0.2, 0) is 0 Å². The Morgan fingerprint density at radius 1 is 1.23 bits per heavy atom. The Labute approximate surface area is 80.9 Å². The minimum Gasteiger partial charge on any atom is -0.464 e. The van der Waals surface area contributed by atoms with Gasteiger partial charge in [0.05, 0.1) is 11.3 Å². The summed E-state index contributed by atoms with van der Waals surface area (Å²) in [6.45, 7) is 0. The molecule has 0 spiro atoms. The van der Waals surface area contributed by atoms with Gasteiger partial charge in [0.1, 0.15) is 5.76 Å². The van der Waals surface area contributed by atoms with Gasteiger partial charge in [-0.05, 0) is 30.3 Å². The summed E-state index contributed by atoms with van der Waals surface area (Å²) < 4.78 is 5.22. The van der Waals surface area contributed by atoms with Crippen LogP contribution < -0.4 is 5.73 Å². The molecule has 1 aromatic heterocycles. The molecule has 0 saturated carbocycles. The van der Waals surface area contributed by atoms with Gasteiger partial charge in [-0.15, -0.1) is 0 Å². The van der Waals surface area contributed by atoms with E-state index in [9.17, 15) is 0 Å². The van der Waals surface area contributed by atoms with Crippen LogP contribution in [0.4, 0.5) is 5.69 Å². The molecule has 0 aliphatic carbocycles. The first-order valence-corrected chi connectivity index (χ1v) is 4.24. The zero-order valence-electron chi connectivity index (χ0n) is 6.83. The van der Waals surface area contributed by atoms with Gasteiger partial charge in [-0.1, -0.05) is 11.6 Å². The standard InChI is InChI=1S/C10H8ClNO/c11-9-4-3-7(12)6-8(9)10-2-1-5-13-10/h1-6H,12H2. The highest BCUT2D eigenvalue weighted by molar-refractivity contribution is 6.33. The fourth-order valence-electron chi connectivity index (χ4n) is 1.16. The van der Waals surface area contributed by atoms with Gasteiger partial charge in [0.2, 0.25) is 0 Å². The summed E-state index contributed by atoms with van der Waals surface area (Å²) >= 11 is 5.97. The minimum absolute atomic E-state index is 0.643. The Balaban J connectivity index is 2.57. The summed E-state index contributed by atoms with van der Waals surface area (Å²) in [7, 11) is 0. The second-order valence-electron chi connectivity index (χ2n) is 2.72. The quantitative estimate of drug-likeness (QED) is 0.707. The Morgan fingerprint density at radius 2 is 2.08 bits per heavy atom. The molecule has 0 saturated heterocycles. The van der Waals surface area contributed by atoms with Crippen LogP contribution >= 0.6 is 11.6 Å². The van der Waals surface area contributed by atoms with Gasteiger partial charge in [-0.2, -0.15) is 0 Å². The van der Waals surface area contributed by atoms with E-state index in [1.54, 1.807) is 24.5 Å². The molecule has 0 radical (unpaired) electrons. The molecule has 0 amide bonds. The predicted molar refractivity (Wildman–Crippen MR) is 53.6 cm³/mol.